The number of hydrogen-bond acceptors (Lipinski definition) is 4. The van der Waals surface area contributed by atoms with Crippen molar-refractivity contribution in [3.8, 4) is 0 Å². The van der Waals surface area contributed by atoms with Gasteiger partial charge in [0.15, 0.2) is 0 Å². The van der Waals surface area contributed by atoms with Gasteiger partial charge in [-0.15, -0.1) is 0 Å². The molecule has 0 aliphatic carbocycles. The summed E-state index contributed by atoms with van der Waals surface area (Å²) in [5, 5.41) is 9.60. The predicted molar refractivity (Wildman–Crippen MR) is 57.2 cm³/mol. The third-order valence-electron chi connectivity index (χ3n) is 2.22. The van der Waals surface area contributed by atoms with Crippen molar-refractivity contribution in [3.05, 3.63) is 11.9 Å². The molecule has 1 rings (SSSR count). The van der Waals surface area contributed by atoms with Gasteiger partial charge in [0.1, 0.15) is 21.3 Å². The normalized spacial score (nSPS) is 39.4. The summed E-state index contributed by atoms with van der Waals surface area (Å²) in [6, 6.07) is -0.519. The van der Waals surface area contributed by atoms with Gasteiger partial charge in [0, 0.05) is 11.9 Å². The van der Waals surface area contributed by atoms with Crippen LogP contribution in [0.5, 0.6) is 0 Å². The largest absolute Gasteiger partial charge is 0.390 e. The SMILES string of the molecule is [B][C@@H]1O[C@H](/C=C/P(=C)(O)O)C(O)[C@@H]1C. The smallest absolute Gasteiger partial charge is 0.134 e. The standard InChI is InChI=1S/C8H14BO4P/c1-5-7(10)6(13-8(5)9)3-4-14(2,11)12/h3-8,10-12H,2H2,1H3/b4-3+/t5-,6+,7?,8+/m0/s1. The molecule has 0 spiro atoms. The van der Waals surface area contributed by atoms with Crippen molar-refractivity contribution in [2.75, 3.05) is 0 Å². The molecule has 1 aliphatic heterocycles. The van der Waals surface area contributed by atoms with Crippen LogP contribution in [0.2, 0.25) is 0 Å². The van der Waals surface area contributed by atoms with E-state index < -0.39 is 25.6 Å². The molecule has 0 bridgehead atoms. The highest BCUT2D eigenvalue weighted by atomic mass is 31.2. The van der Waals surface area contributed by atoms with E-state index in [1.165, 1.54) is 6.08 Å². The Morgan fingerprint density at radius 2 is 2.07 bits per heavy atom. The molecule has 1 aliphatic rings. The van der Waals surface area contributed by atoms with Crippen molar-refractivity contribution >= 4 is 21.5 Å². The maximum absolute atomic E-state index is 9.60. The monoisotopic (exact) mass is 216 g/mol. The maximum atomic E-state index is 9.60. The Kier molecular flexibility index (Phi) is 3.61. The molecule has 0 saturated carbocycles. The molecule has 78 valence electrons. The fourth-order valence-corrected chi connectivity index (χ4v) is 1.71. The minimum absolute atomic E-state index is 0.167. The van der Waals surface area contributed by atoms with Crippen LogP contribution in [0.4, 0.5) is 0 Å². The Bertz CT molecular complexity index is 275. The van der Waals surface area contributed by atoms with Gasteiger partial charge >= 0.3 is 0 Å². The summed E-state index contributed by atoms with van der Waals surface area (Å²) in [5.41, 5.74) is 0. The lowest BCUT2D eigenvalue weighted by atomic mass is 9.86. The molecule has 14 heavy (non-hydrogen) atoms. The molecule has 1 saturated heterocycles. The van der Waals surface area contributed by atoms with Crippen molar-refractivity contribution < 1.29 is 19.6 Å². The zero-order valence-corrected chi connectivity index (χ0v) is 8.84. The first-order valence-corrected chi connectivity index (χ1v) is 6.23. The summed E-state index contributed by atoms with van der Waals surface area (Å²) in [4.78, 5) is 18.0. The van der Waals surface area contributed by atoms with E-state index in [0.29, 0.717) is 0 Å². The Morgan fingerprint density at radius 1 is 1.50 bits per heavy atom. The zero-order chi connectivity index (χ0) is 10.9. The molecule has 4 atom stereocenters. The van der Waals surface area contributed by atoms with Crippen molar-refractivity contribution in [3.63, 3.8) is 0 Å². The van der Waals surface area contributed by atoms with E-state index in [2.05, 4.69) is 6.30 Å². The van der Waals surface area contributed by atoms with Gasteiger partial charge in [-0.1, -0.05) is 6.92 Å². The lowest BCUT2D eigenvalue weighted by Gasteiger charge is -2.11. The van der Waals surface area contributed by atoms with Gasteiger partial charge in [0.25, 0.3) is 0 Å². The van der Waals surface area contributed by atoms with Crippen molar-refractivity contribution in [1.82, 2.24) is 0 Å². The zero-order valence-electron chi connectivity index (χ0n) is 7.95. The molecule has 1 heterocycles. The van der Waals surface area contributed by atoms with Crippen molar-refractivity contribution in [2.24, 2.45) is 5.92 Å². The summed E-state index contributed by atoms with van der Waals surface area (Å²) in [6.07, 6.45) is 3.26. The van der Waals surface area contributed by atoms with E-state index in [0.717, 1.165) is 5.82 Å². The summed E-state index contributed by atoms with van der Waals surface area (Å²) in [7, 11) is 2.35. The maximum Gasteiger partial charge on any atom is 0.134 e. The molecular weight excluding hydrogens is 202 g/mol. The lowest BCUT2D eigenvalue weighted by Crippen LogP contribution is -2.24. The molecule has 0 aromatic rings. The van der Waals surface area contributed by atoms with Gasteiger partial charge in [0.2, 0.25) is 0 Å². The van der Waals surface area contributed by atoms with E-state index in [4.69, 9.17) is 22.4 Å². The minimum Gasteiger partial charge on any atom is -0.390 e. The van der Waals surface area contributed by atoms with E-state index >= 15 is 0 Å². The summed E-state index contributed by atoms with van der Waals surface area (Å²) >= 11 is 0. The van der Waals surface area contributed by atoms with Crippen LogP contribution in [0.1, 0.15) is 6.92 Å². The first-order chi connectivity index (χ1) is 6.31. The molecule has 0 aromatic heterocycles. The number of aliphatic hydroxyl groups excluding tert-OH is 1. The van der Waals surface area contributed by atoms with Gasteiger partial charge in [-0.3, -0.25) is 0 Å². The van der Waals surface area contributed by atoms with Crippen LogP contribution in [-0.4, -0.2) is 47.3 Å². The topological polar surface area (TPSA) is 69.9 Å². The van der Waals surface area contributed by atoms with Crippen LogP contribution in [0.3, 0.4) is 0 Å². The predicted octanol–water partition coefficient (Wildman–Crippen LogP) is -0.345. The summed E-state index contributed by atoms with van der Waals surface area (Å²) in [5.74, 6) is 0.991. The van der Waals surface area contributed by atoms with Crippen LogP contribution in [0.25, 0.3) is 0 Å². The number of aliphatic hydroxyl groups is 1. The number of ether oxygens (including phenoxy) is 1. The van der Waals surface area contributed by atoms with Gasteiger partial charge in [-0.25, -0.2) is 0 Å². The summed E-state index contributed by atoms with van der Waals surface area (Å²) < 4.78 is 5.19. The Balaban J connectivity index is 2.64. The molecule has 2 radical (unpaired) electrons. The molecule has 4 nitrogen and oxygen atoms in total. The second-order valence-electron chi connectivity index (χ2n) is 3.54. The number of hydrogen-bond donors (Lipinski definition) is 3. The first-order valence-electron chi connectivity index (χ1n) is 4.28. The molecule has 3 N–H and O–H groups in total. The fraction of sp³-hybridized carbons (Fsp3) is 0.625. The van der Waals surface area contributed by atoms with Gasteiger partial charge in [0.05, 0.1) is 6.10 Å². The lowest BCUT2D eigenvalue weighted by molar-refractivity contribution is 0.0635. The molecule has 0 amide bonds. The van der Waals surface area contributed by atoms with E-state index in [-0.39, 0.29) is 5.92 Å². The van der Waals surface area contributed by atoms with Crippen LogP contribution in [0, 0.1) is 5.92 Å². The van der Waals surface area contributed by atoms with Crippen LogP contribution < -0.4 is 0 Å². The van der Waals surface area contributed by atoms with E-state index in [1.807, 2.05) is 0 Å². The molecule has 1 unspecified atom stereocenters. The van der Waals surface area contributed by atoms with Gasteiger partial charge < -0.3 is 19.6 Å². The van der Waals surface area contributed by atoms with Crippen LogP contribution in [-0.2, 0) is 4.74 Å². The number of rotatable bonds is 2. The summed E-state index contributed by atoms with van der Waals surface area (Å²) in [6.45, 7) is 1.77. The van der Waals surface area contributed by atoms with Crippen LogP contribution >= 0.6 is 7.34 Å². The molecule has 6 heteroatoms. The molecule has 0 aromatic carbocycles. The second-order valence-corrected chi connectivity index (χ2v) is 5.41. The first kappa shape index (κ1) is 12.0. The highest BCUT2D eigenvalue weighted by Gasteiger charge is 2.36. The van der Waals surface area contributed by atoms with Gasteiger partial charge in [-0.2, -0.15) is 0 Å². The highest BCUT2D eigenvalue weighted by molar-refractivity contribution is 7.65. The quantitative estimate of drug-likeness (QED) is 0.436. The third-order valence-corrected chi connectivity index (χ3v) is 2.87. The third kappa shape index (κ3) is 2.97. The van der Waals surface area contributed by atoms with E-state index in [1.54, 1.807) is 6.92 Å². The second kappa shape index (κ2) is 4.21. The Morgan fingerprint density at radius 3 is 2.43 bits per heavy atom. The molecule has 1 fully saturated rings. The Hall–Kier alpha value is -0.0551. The Labute approximate surface area is 84.8 Å². The highest BCUT2D eigenvalue weighted by Crippen LogP contribution is 2.36. The minimum atomic E-state index is -3.20. The van der Waals surface area contributed by atoms with Crippen LogP contribution in [0.15, 0.2) is 11.9 Å². The average Bonchev–Trinajstić information content (AvgIpc) is 2.28. The van der Waals surface area contributed by atoms with Crippen molar-refractivity contribution in [2.45, 2.75) is 25.1 Å². The van der Waals surface area contributed by atoms with Crippen molar-refractivity contribution in [1.29, 1.82) is 0 Å². The average molecular weight is 216 g/mol. The fourth-order valence-electron chi connectivity index (χ4n) is 1.26. The molecular formula is C8H14BO4P. The van der Waals surface area contributed by atoms with Gasteiger partial charge in [-0.05, 0) is 18.2 Å². The van der Waals surface area contributed by atoms with E-state index in [9.17, 15) is 5.11 Å².